The Hall–Kier alpha value is 0.140. The van der Waals surface area contributed by atoms with E-state index in [1.54, 1.807) is 4.99 Å². The highest BCUT2D eigenvalue weighted by atomic mass is 79.9. The van der Waals surface area contributed by atoms with Gasteiger partial charge in [0.2, 0.25) is 0 Å². The average Bonchev–Trinajstić information content (AvgIpc) is 1.69. The van der Waals surface area contributed by atoms with Gasteiger partial charge in [-0.25, -0.2) is 0 Å². The van der Waals surface area contributed by atoms with Gasteiger partial charge in [0.25, 0.3) is 0 Å². The van der Waals surface area contributed by atoms with Gasteiger partial charge < -0.3 is 10.2 Å². The van der Waals surface area contributed by atoms with Crippen molar-refractivity contribution in [3.8, 4) is 0 Å². The predicted molar refractivity (Wildman–Crippen MR) is 33.3 cm³/mol. The number of aliphatic hydroxyl groups is 2. The molecule has 0 radical (unpaired) electrons. The summed E-state index contributed by atoms with van der Waals surface area (Å²) >= 11 is 2.91. The van der Waals surface area contributed by atoms with Crippen LogP contribution in [0.3, 0.4) is 0 Å². The second-order valence-corrected chi connectivity index (χ2v) is 1.25. The molecule has 0 aliphatic rings. The number of hydrogen-bond donors (Lipinski definition) is 2. The van der Waals surface area contributed by atoms with Crippen molar-refractivity contribution in [1.29, 1.82) is 0 Å². The van der Waals surface area contributed by atoms with E-state index in [0.29, 0.717) is 0 Å². The van der Waals surface area contributed by atoms with Gasteiger partial charge in [-0.1, -0.05) is 22.5 Å². The lowest BCUT2D eigenvalue weighted by Crippen LogP contribution is -1.85. The molecule has 0 aromatic heterocycles. The summed E-state index contributed by atoms with van der Waals surface area (Å²) in [5, 5.41) is 15.2. The van der Waals surface area contributed by atoms with Gasteiger partial charge >= 0.3 is 0 Å². The van der Waals surface area contributed by atoms with Crippen LogP contribution in [0.4, 0.5) is 0 Å². The van der Waals surface area contributed by atoms with Crippen molar-refractivity contribution < 1.29 is 10.2 Å². The molecule has 0 heterocycles. The molecule has 0 spiro atoms. The predicted octanol–water partition coefficient (Wildman–Crippen LogP) is 0.496. The van der Waals surface area contributed by atoms with Crippen molar-refractivity contribution in [2.45, 2.75) is 0 Å². The Balaban J connectivity index is 0. The van der Waals surface area contributed by atoms with Crippen LogP contribution in [0.2, 0.25) is 0 Å². The third-order valence-electron chi connectivity index (χ3n) is 0.1000. The van der Waals surface area contributed by atoms with E-state index >= 15 is 0 Å². The van der Waals surface area contributed by atoms with Crippen LogP contribution in [-0.2, 0) is 0 Å². The minimum atomic E-state index is -0.125. The fourth-order valence-electron chi connectivity index (χ4n) is 0. The zero-order valence-electron chi connectivity index (χ0n) is 3.97. The van der Waals surface area contributed by atoms with E-state index in [4.69, 9.17) is 10.2 Å². The normalized spacial score (nSPS) is 6.14. The molecule has 44 valence electrons. The minimum Gasteiger partial charge on any atom is -0.394 e. The number of halogens is 1. The molecule has 0 saturated carbocycles. The Kier molecular flexibility index (Phi) is 23.9. The monoisotopic (exact) mass is 168 g/mol. The minimum absolute atomic E-state index is 0.125. The maximum atomic E-state index is 7.62. The Morgan fingerprint density at radius 3 is 1.57 bits per heavy atom. The Morgan fingerprint density at radius 1 is 1.43 bits per heavy atom. The molecule has 3 heteroatoms. The van der Waals surface area contributed by atoms with Crippen LogP contribution in [0.5, 0.6) is 0 Å². The van der Waals surface area contributed by atoms with Gasteiger partial charge in [-0.3, -0.25) is 0 Å². The van der Waals surface area contributed by atoms with E-state index in [1.807, 2.05) is 0 Å². The fraction of sp³-hybridized carbons (Fsp3) is 0.500. The summed E-state index contributed by atoms with van der Waals surface area (Å²) < 4.78 is 0. The van der Waals surface area contributed by atoms with E-state index in [0.717, 1.165) is 0 Å². The summed E-state index contributed by atoms with van der Waals surface area (Å²) in [7, 11) is 0. The van der Waals surface area contributed by atoms with E-state index in [1.165, 1.54) is 0 Å². The Morgan fingerprint density at radius 2 is 1.57 bits per heavy atom. The average molecular weight is 169 g/mol. The first-order valence-electron chi connectivity index (χ1n) is 1.76. The molecule has 0 unspecified atom stereocenters. The first-order valence-corrected chi connectivity index (χ1v) is 2.67. The smallest absolute Gasteiger partial charge is 0.0662 e. The van der Waals surface area contributed by atoms with Crippen LogP contribution in [0.15, 0.2) is 11.6 Å². The molecule has 2 N–H and O–H groups in total. The number of rotatable bonds is 1. The van der Waals surface area contributed by atoms with Gasteiger partial charge in [-0.15, -0.1) is 0 Å². The van der Waals surface area contributed by atoms with Crippen LogP contribution in [0, 0.1) is 0 Å². The van der Waals surface area contributed by atoms with Gasteiger partial charge in [-0.2, -0.15) is 0 Å². The third kappa shape index (κ3) is 81.0. The molecule has 0 saturated heterocycles. The largest absolute Gasteiger partial charge is 0.394 e. The lowest BCUT2D eigenvalue weighted by atomic mass is 10.8. The molecule has 0 aliphatic heterocycles. The van der Waals surface area contributed by atoms with E-state index in [2.05, 4.69) is 22.5 Å². The van der Waals surface area contributed by atoms with Crippen LogP contribution < -0.4 is 0 Å². The summed E-state index contributed by atoms with van der Waals surface area (Å²) in [5.74, 6) is 0. The molecular weight excluding hydrogens is 160 g/mol. The first kappa shape index (κ1) is 10.2. The summed E-state index contributed by atoms with van der Waals surface area (Å²) in [4.78, 5) is 1.56. The molecule has 0 fully saturated rings. The van der Waals surface area contributed by atoms with Crippen molar-refractivity contribution in [1.82, 2.24) is 0 Å². The third-order valence-corrected chi connectivity index (χ3v) is 0.1000. The zero-order chi connectivity index (χ0) is 6.12. The van der Waals surface area contributed by atoms with Crippen molar-refractivity contribution in [2.24, 2.45) is 0 Å². The quantitative estimate of drug-likeness (QED) is 0.599. The lowest BCUT2D eigenvalue weighted by molar-refractivity contribution is 0.186. The molecule has 0 bridgehead atoms. The van der Waals surface area contributed by atoms with Gasteiger partial charge in [0.05, 0.1) is 13.2 Å². The molecule has 0 amide bonds. The van der Waals surface area contributed by atoms with E-state index in [9.17, 15) is 0 Å². The molecule has 0 rings (SSSR count). The summed E-state index contributed by atoms with van der Waals surface area (Å²) in [6.45, 7) is 3.03. The second-order valence-electron chi connectivity index (χ2n) is 0.602. The maximum Gasteiger partial charge on any atom is 0.0662 e. The van der Waals surface area contributed by atoms with E-state index < -0.39 is 0 Å². The summed E-state index contributed by atoms with van der Waals surface area (Å²) in [6, 6.07) is 0. The summed E-state index contributed by atoms with van der Waals surface area (Å²) in [5.41, 5.74) is 0. The molecule has 7 heavy (non-hydrogen) atoms. The van der Waals surface area contributed by atoms with Crippen LogP contribution >= 0.6 is 15.9 Å². The van der Waals surface area contributed by atoms with Gasteiger partial charge in [0.15, 0.2) is 0 Å². The molecule has 2 nitrogen and oxygen atoms in total. The molecule has 0 atom stereocenters. The SMILES string of the molecule is C=CBr.OCCO. The summed E-state index contributed by atoms with van der Waals surface area (Å²) in [6.07, 6.45) is 0. The van der Waals surface area contributed by atoms with Crippen molar-refractivity contribution in [2.75, 3.05) is 13.2 Å². The number of hydrogen-bond acceptors (Lipinski definition) is 2. The molecule has 0 aromatic rings. The van der Waals surface area contributed by atoms with Crippen molar-refractivity contribution >= 4 is 15.9 Å². The highest BCUT2D eigenvalue weighted by molar-refractivity contribution is 9.11. The van der Waals surface area contributed by atoms with Gasteiger partial charge in [0.1, 0.15) is 0 Å². The highest BCUT2D eigenvalue weighted by Gasteiger charge is 1.58. The first-order chi connectivity index (χ1) is 3.33. The maximum absolute atomic E-state index is 7.62. The number of aliphatic hydroxyl groups excluding tert-OH is 2. The van der Waals surface area contributed by atoms with Crippen LogP contribution in [0.1, 0.15) is 0 Å². The Labute approximate surface area is 51.6 Å². The molecular formula is C4H9BrO2. The van der Waals surface area contributed by atoms with Crippen molar-refractivity contribution in [3.63, 3.8) is 0 Å². The van der Waals surface area contributed by atoms with Crippen LogP contribution in [0.25, 0.3) is 0 Å². The standard InChI is InChI=1S/C2H3Br.C2H6O2/c1-2-3;3-1-2-4/h2H,1H2;3-4H,1-2H2. The van der Waals surface area contributed by atoms with E-state index in [-0.39, 0.29) is 13.2 Å². The van der Waals surface area contributed by atoms with Gasteiger partial charge in [0, 0.05) is 0 Å². The van der Waals surface area contributed by atoms with Crippen LogP contribution in [-0.4, -0.2) is 23.4 Å². The lowest BCUT2D eigenvalue weighted by Gasteiger charge is -1.70. The van der Waals surface area contributed by atoms with Crippen molar-refractivity contribution in [3.05, 3.63) is 11.6 Å². The topological polar surface area (TPSA) is 40.5 Å². The Bertz CT molecular complexity index is 28.9. The second kappa shape index (κ2) is 16.5. The highest BCUT2D eigenvalue weighted by Crippen LogP contribution is 1.68. The zero-order valence-corrected chi connectivity index (χ0v) is 5.56. The van der Waals surface area contributed by atoms with Gasteiger partial charge in [-0.05, 0) is 4.99 Å². The molecule has 0 aromatic carbocycles. The fourth-order valence-corrected chi connectivity index (χ4v) is 0. The molecule has 0 aliphatic carbocycles.